The zero-order valence-electron chi connectivity index (χ0n) is 17.3. The van der Waals surface area contributed by atoms with E-state index >= 15 is 0 Å². The molecule has 0 amide bonds. The summed E-state index contributed by atoms with van der Waals surface area (Å²) in [5.41, 5.74) is 1.35. The van der Waals surface area contributed by atoms with Crippen molar-refractivity contribution in [3.05, 3.63) is 27.5 Å². The summed E-state index contributed by atoms with van der Waals surface area (Å²) in [4.78, 5) is 17.9. The van der Waals surface area contributed by atoms with E-state index in [1.54, 1.807) is 14.2 Å². The van der Waals surface area contributed by atoms with Gasteiger partial charge < -0.3 is 18.9 Å². The monoisotopic (exact) mass is 431 g/mol. The van der Waals surface area contributed by atoms with Crippen molar-refractivity contribution in [3.8, 4) is 23.0 Å². The molecule has 2 aliphatic heterocycles. The number of aromatic nitrogens is 2. The molecule has 3 aliphatic rings. The average Bonchev–Trinajstić information content (AvgIpc) is 3.38. The summed E-state index contributed by atoms with van der Waals surface area (Å²) >= 11 is 1.54. The van der Waals surface area contributed by atoms with Crippen molar-refractivity contribution in [1.29, 1.82) is 0 Å². The molecule has 1 aromatic heterocycles. The average molecular weight is 432 g/mol. The first-order chi connectivity index (χ1) is 14.6. The normalized spacial score (nSPS) is 20.6. The van der Waals surface area contributed by atoms with Crippen LogP contribution in [-0.4, -0.2) is 35.8 Å². The van der Waals surface area contributed by atoms with Gasteiger partial charge in [0.25, 0.3) is 5.56 Å². The number of methoxy groups -OCH3 is 2. The fraction of sp³-hybridized carbons (Fsp3) is 0.524. The first-order valence-electron chi connectivity index (χ1n) is 10.2. The number of thioether (sulfide) groups is 1. The first-order valence-corrected chi connectivity index (χ1v) is 11.1. The molecule has 0 spiro atoms. The van der Waals surface area contributed by atoms with Gasteiger partial charge >= 0.3 is 0 Å². The SMILES string of the molecule is COc1cc([C@H]2SC(C)=Nc3c2c(=O)[nH]n3C2CCCCC2)c(OC)c2c1OCO2. The highest BCUT2D eigenvalue weighted by Gasteiger charge is 2.37. The second-order valence-corrected chi connectivity index (χ2v) is 9.03. The third kappa shape index (κ3) is 2.98. The predicted octanol–water partition coefficient (Wildman–Crippen LogP) is 4.31. The van der Waals surface area contributed by atoms with Crippen LogP contribution in [0.15, 0.2) is 15.9 Å². The van der Waals surface area contributed by atoms with Crippen molar-refractivity contribution >= 4 is 22.6 Å². The molecule has 160 valence electrons. The number of nitrogens with one attached hydrogen (secondary N) is 1. The lowest BCUT2D eigenvalue weighted by atomic mass is 9.95. The van der Waals surface area contributed by atoms with Gasteiger partial charge in [-0.05, 0) is 25.8 Å². The van der Waals surface area contributed by atoms with Gasteiger partial charge in [0.05, 0.1) is 36.1 Å². The van der Waals surface area contributed by atoms with Crippen molar-refractivity contribution in [3.63, 3.8) is 0 Å². The minimum absolute atomic E-state index is 0.105. The Bertz CT molecular complexity index is 1070. The van der Waals surface area contributed by atoms with E-state index in [9.17, 15) is 4.79 Å². The molecule has 0 radical (unpaired) electrons. The molecule has 0 bridgehead atoms. The van der Waals surface area contributed by atoms with Crippen LogP contribution < -0.4 is 24.5 Å². The predicted molar refractivity (Wildman–Crippen MR) is 115 cm³/mol. The molecule has 30 heavy (non-hydrogen) atoms. The van der Waals surface area contributed by atoms with E-state index in [1.807, 2.05) is 17.7 Å². The van der Waals surface area contributed by atoms with Crippen LogP contribution in [0.2, 0.25) is 0 Å². The van der Waals surface area contributed by atoms with Gasteiger partial charge in [-0.1, -0.05) is 31.0 Å². The summed E-state index contributed by atoms with van der Waals surface area (Å²) in [6.45, 7) is 2.08. The third-order valence-electron chi connectivity index (χ3n) is 5.99. The maximum Gasteiger partial charge on any atom is 0.271 e. The maximum absolute atomic E-state index is 13.1. The van der Waals surface area contributed by atoms with Crippen LogP contribution >= 0.6 is 11.8 Å². The number of ether oxygens (including phenoxy) is 4. The van der Waals surface area contributed by atoms with E-state index in [0.29, 0.717) is 28.6 Å². The summed E-state index contributed by atoms with van der Waals surface area (Å²) in [6.07, 6.45) is 5.72. The van der Waals surface area contributed by atoms with Crippen LogP contribution in [0.1, 0.15) is 61.4 Å². The Labute approximate surface area is 178 Å². The fourth-order valence-electron chi connectivity index (χ4n) is 4.62. The molecule has 0 saturated heterocycles. The van der Waals surface area contributed by atoms with E-state index in [1.165, 1.54) is 31.0 Å². The number of aliphatic imine (C=N–C) groups is 1. The van der Waals surface area contributed by atoms with Crippen LogP contribution in [-0.2, 0) is 0 Å². The molecule has 2 aromatic rings. The highest BCUT2D eigenvalue weighted by atomic mass is 32.2. The van der Waals surface area contributed by atoms with E-state index in [2.05, 4.69) is 5.10 Å². The van der Waals surface area contributed by atoms with Crippen molar-refractivity contribution in [2.75, 3.05) is 21.0 Å². The number of hydrogen-bond donors (Lipinski definition) is 1. The largest absolute Gasteiger partial charge is 0.493 e. The van der Waals surface area contributed by atoms with Crippen molar-refractivity contribution in [1.82, 2.24) is 9.78 Å². The molecular weight excluding hydrogens is 406 g/mol. The number of H-pyrrole nitrogens is 1. The molecular formula is C21H25N3O5S. The number of benzene rings is 1. The molecule has 1 aromatic carbocycles. The number of rotatable bonds is 4. The van der Waals surface area contributed by atoms with Gasteiger partial charge in [-0.3, -0.25) is 14.6 Å². The molecule has 1 atom stereocenters. The van der Waals surface area contributed by atoms with Gasteiger partial charge in [0, 0.05) is 5.56 Å². The van der Waals surface area contributed by atoms with E-state index in [-0.39, 0.29) is 23.6 Å². The smallest absolute Gasteiger partial charge is 0.271 e. The van der Waals surface area contributed by atoms with Gasteiger partial charge in [-0.2, -0.15) is 0 Å². The molecule has 0 unspecified atom stereocenters. The molecule has 9 heteroatoms. The Morgan fingerprint density at radius 1 is 1.17 bits per heavy atom. The summed E-state index contributed by atoms with van der Waals surface area (Å²) in [5.74, 6) is 2.89. The summed E-state index contributed by atoms with van der Waals surface area (Å²) < 4.78 is 24.5. The van der Waals surface area contributed by atoms with Crippen LogP contribution in [0, 0.1) is 0 Å². The second-order valence-electron chi connectivity index (χ2n) is 7.73. The van der Waals surface area contributed by atoms with Crippen LogP contribution in [0.5, 0.6) is 23.0 Å². The Hall–Kier alpha value is -2.55. The van der Waals surface area contributed by atoms with Gasteiger partial charge in [0.1, 0.15) is 0 Å². The molecule has 8 nitrogen and oxygen atoms in total. The van der Waals surface area contributed by atoms with E-state index in [4.69, 9.17) is 23.9 Å². The van der Waals surface area contributed by atoms with Gasteiger partial charge in [-0.15, -0.1) is 0 Å². The van der Waals surface area contributed by atoms with Gasteiger partial charge in [0.2, 0.25) is 18.3 Å². The Kier molecular flexibility index (Phi) is 4.92. The Balaban J connectivity index is 1.67. The third-order valence-corrected chi connectivity index (χ3v) is 7.15. The minimum atomic E-state index is -0.288. The number of fused-ring (bicyclic) bond motifs is 2. The molecule has 1 N–H and O–H groups in total. The number of hydrogen-bond acceptors (Lipinski definition) is 7. The Morgan fingerprint density at radius 2 is 1.93 bits per heavy atom. The van der Waals surface area contributed by atoms with Crippen molar-refractivity contribution < 1.29 is 18.9 Å². The zero-order valence-corrected chi connectivity index (χ0v) is 18.1. The van der Waals surface area contributed by atoms with E-state index in [0.717, 1.165) is 29.3 Å². The van der Waals surface area contributed by atoms with Crippen LogP contribution in [0.4, 0.5) is 5.82 Å². The molecule has 3 heterocycles. The van der Waals surface area contributed by atoms with Gasteiger partial charge in [-0.25, -0.2) is 4.99 Å². The fourth-order valence-corrected chi connectivity index (χ4v) is 5.73. The summed E-state index contributed by atoms with van der Waals surface area (Å²) in [6, 6.07) is 2.16. The topological polar surface area (TPSA) is 87.1 Å². The lowest BCUT2D eigenvalue weighted by Crippen LogP contribution is -2.16. The first kappa shape index (κ1) is 19.4. The van der Waals surface area contributed by atoms with Gasteiger partial charge in [0.15, 0.2) is 17.3 Å². The molecule has 1 aliphatic carbocycles. The molecule has 1 fully saturated rings. The molecule has 1 saturated carbocycles. The quantitative estimate of drug-likeness (QED) is 0.776. The maximum atomic E-state index is 13.1. The van der Waals surface area contributed by atoms with Crippen LogP contribution in [0.25, 0.3) is 0 Å². The number of nitrogens with zero attached hydrogens (tertiary/aromatic N) is 2. The van der Waals surface area contributed by atoms with E-state index < -0.39 is 0 Å². The minimum Gasteiger partial charge on any atom is -0.493 e. The standard InChI is InChI=1S/C21H25N3O5S/c1-11-22-20-15(21(25)23-24(20)12-7-5-4-6-8-12)19(30-11)13-9-14(26-2)17-18(16(13)27-3)29-10-28-17/h9,12,19H,4-8,10H2,1-3H3,(H,23,25)/t19-/m1/s1. The number of aromatic amines is 1. The zero-order chi connectivity index (χ0) is 20.8. The lowest BCUT2D eigenvalue weighted by Gasteiger charge is -2.27. The van der Waals surface area contributed by atoms with Crippen molar-refractivity contribution in [2.45, 2.75) is 50.3 Å². The Morgan fingerprint density at radius 3 is 2.67 bits per heavy atom. The van der Waals surface area contributed by atoms with Crippen LogP contribution in [0.3, 0.4) is 0 Å². The summed E-state index contributed by atoms with van der Waals surface area (Å²) in [5, 5.41) is 3.69. The van der Waals surface area contributed by atoms with Crippen molar-refractivity contribution in [2.24, 2.45) is 4.99 Å². The molecule has 5 rings (SSSR count). The lowest BCUT2D eigenvalue weighted by molar-refractivity contribution is 0.168. The highest BCUT2D eigenvalue weighted by molar-refractivity contribution is 8.14. The summed E-state index contributed by atoms with van der Waals surface area (Å²) in [7, 11) is 3.19. The highest BCUT2D eigenvalue weighted by Crippen LogP contribution is 2.55. The second kappa shape index (κ2) is 7.61.